The third kappa shape index (κ3) is 4.70. The van der Waals surface area contributed by atoms with Gasteiger partial charge in [0, 0.05) is 17.5 Å². The zero-order valence-electron chi connectivity index (χ0n) is 9.80. The van der Waals surface area contributed by atoms with E-state index in [0.717, 1.165) is 5.25 Å². The van der Waals surface area contributed by atoms with Crippen molar-refractivity contribution in [2.45, 2.75) is 51.2 Å². The van der Waals surface area contributed by atoms with Crippen LogP contribution in [0.15, 0.2) is 0 Å². The summed E-state index contributed by atoms with van der Waals surface area (Å²) in [5.41, 5.74) is 0. The van der Waals surface area contributed by atoms with Gasteiger partial charge in [0.1, 0.15) is 0 Å². The van der Waals surface area contributed by atoms with Gasteiger partial charge in [-0.25, -0.2) is 0 Å². The highest BCUT2D eigenvalue weighted by molar-refractivity contribution is 7.99. The molecule has 0 N–H and O–H groups in total. The zero-order chi connectivity index (χ0) is 10.2. The molecule has 14 heavy (non-hydrogen) atoms. The van der Waals surface area contributed by atoms with Crippen LogP contribution in [0, 0.1) is 0 Å². The van der Waals surface area contributed by atoms with Crippen molar-refractivity contribution in [3.05, 3.63) is 0 Å². The summed E-state index contributed by atoms with van der Waals surface area (Å²) in [7, 11) is 0. The Morgan fingerprint density at radius 3 is 2.29 bits per heavy atom. The lowest BCUT2D eigenvalue weighted by molar-refractivity contribution is 0.323. The Morgan fingerprint density at radius 2 is 1.71 bits per heavy atom. The molecule has 0 atom stereocenters. The molecule has 1 fully saturated rings. The van der Waals surface area contributed by atoms with Gasteiger partial charge in [0.2, 0.25) is 0 Å². The minimum Gasteiger partial charge on any atom is -0.303 e. The Hall–Kier alpha value is 0.310. The predicted molar refractivity (Wildman–Crippen MR) is 67.1 cm³/mol. The van der Waals surface area contributed by atoms with Gasteiger partial charge in [0.05, 0.1) is 0 Å². The second-order valence-electron chi connectivity index (χ2n) is 4.16. The molecule has 0 aromatic carbocycles. The summed E-state index contributed by atoms with van der Waals surface area (Å²) in [5.74, 6) is 1.34. The van der Waals surface area contributed by atoms with Crippen molar-refractivity contribution in [1.29, 1.82) is 0 Å². The summed E-state index contributed by atoms with van der Waals surface area (Å²) in [4.78, 5) is 2.52. The van der Waals surface area contributed by atoms with E-state index in [1.54, 1.807) is 0 Å². The average molecular weight is 215 g/mol. The molecule has 1 aliphatic carbocycles. The zero-order valence-corrected chi connectivity index (χ0v) is 10.6. The standard InChI is InChI=1S/C12H25NS/c1-3-13(4-2)10-11-14-12-8-6-5-7-9-12/h12H,3-11H2,1-2H3. The van der Waals surface area contributed by atoms with Crippen molar-refractivity contribution in [1.82, 2.24) is 4.90 Å². The summed E-state index contributed by atoms with van der Waals surface area (Å²) in [5, 5.41) is 0.985. The van der Waals surface area contributed by atoms with E-state index in [0.29, 0.717) is 0 Å². The van der Waals surface area contributed by atoms with Crippen LogP contribution in [0.25, 0.3) is 0 Å². The van der Waals surface area contributed by atoms with E-state index < -0.39 is 0 Å². The average Bonchev–Trinajstić information content (AvgIpc) is 2.26. The van der Waals surface area contributed by atoms with Gasteiger partial charge in [-0.15, -0.1) is 0 Å². The number of hydrogen-bond acceptors (Lipinski definition) is 2. The fourth-order valence-corrected chi connectivity index (χ4v) is 3.48. The van der Waals surface area contributed by atoms with E-state index in [1.807, 2.05) is 0 Å². The molecule has 0 unspecified atom stereocenters. The van der Waals surface area contributed by atoms with Gasteiger partial charge in [-0.2, -0.15) is 11.8 Å². The first kappa shape index (κ1) is 12.4. The maximum absolute atomic E-state index is 2.52. The molecule has 1 aliphatic rings. The molecule has 1 rings (SSSR count). The molecule has 2 heteroatoms. The Balaban J connectivity index is 2.01. The van der Waals surface area contributed by atoms with Crippen molar-refractivity contribution >= 4 is 11.8 Å². The highest BCUT2D eigenvalue weighted by Crippen LogP contribution is 2.27. The molecular weight excluding hydrogens is 190 g/mol. The van der Waals surface area contributed by atoms with Crippen LogP contribution in [0.5, 0.6) is 0 Å². The molecule has 1 saturated carbocycles. The first-order valence-electron chi connectivity index (χ1n) is 6.20. The highest BCUT2D eigenvalue weighted by Gasteiger charge is 2.13. The molecule has 1 nitrogen and oxygen atoms in total. The maximum Gasteiger partial charge on any atom is 0.00722 e. The van der Waals surface area contributed by atoms with E-state index in [1.165, 1.54) is 57.5 Å². The summed E-state index contributed by atoms with van der Waals surface area (Å²) >= 11 is 2.21. The van der Waals surface area contributed by atoms with Crippen LogP contribution in [0.3, 0.4) is 0 Å². The Kier molecular flexibility index (Phi) is 6.70. The second-order valence-corrected chi connectivity index (χ2v) is 5.57. The van der Waals surface area contributed by atoms with Crippen LogP contribution < -0.4 is 0 Å². The van der Waals surface area contributed by atoms with Gasteiger partial charge >= 0.3 is 0 Å². The molecule has 84 valence electrons. The molecular formula is C12H25NS. The van der Waals surface area contributed by atoms with Crippen LogP contribution in [0.2, 0.25) is 0 Å². The minimum absolute atomic E-state index is 0.985. The van der Waals surface area contributed by atoms with E-state index in [4.69, 9.17) is 0 Å². The van der Waals surface area contributed by atoms with Crippen molar-refractivity contribution in [2.24, 2.45) is 0 Å². The fourth-order valence-electron chi connectivity index (χ4n) is 2.12. The second kappa shape index (κ2) is 7.58. The van der Waals surface area contributed by atoms with Gasteiger partial charge < -0.3 is 4.90 Å². The molecule has 0 aliphatic heterocycles. The van der Waals surface area contributed by atoms with Crippen molar-refractivity contribution < 1.29 is 0 Å². The fraction of sp³-hybridized carbons (Fsp3) is 1.00. The summed E-state index contributed by atoms with van der Waals surface area (Å²) in [6.45, 7) is 8.22. The number of thioether (sulfide) groups is 1. The molecule has 0 saturated heterocycles. The van der Waals surface area contributed by atoms with Gasteiger partial charge in [0.25, 0.3) is 0 Å². The summed E-state index contributed by atoms with van der Waals surface area (Å²) in [6.07, 6.45) is 7.38. The lowest BCUT2D eigenvalue weighted by Crippen LogP contribution is -2.26. The Bertz CT molecular complexity index is 128. The topological polar surface area (TPSA) is 3.24 Å². The molecule has 0 aromatic rings. The van der Waals surface area contributed by atoms with Crippen LogP contribution in [-0.4, -0.2) is 35.5 Å². The largest absolute Gasteiger partial charge is 0.303 e. The summed E-state index contributed by atoms with van der Waals surface area (Å²) < 4.78 is 0. The first-order valence-corrected chi connectivity index (χ1v) is 7.25. The SMILES string of the molecule is CCN(CC)CCSC1CCCCC1. The van der Waals surface area contributed by atoms with Crippen LogP contribution in [-0.2, 0) is 0 Å². The van der Waals surface area contributed by atoms with Crippen LogP contribution >= 0.6 is 11.8 Å². The monoisotopic (exact) mass is 215 g/mol. The molecule has 0 amide bonds. The van der Waals surface area contributed by atoms with Crippen LogP contribution in [0.1, 0.15) is 46.0 Å². The number of rotatable bonds is 6. The van der Waals surface area contributed by atoms with Gasteiger partial charge in [-0.05, 0) is 25.9 Å². The quantitative estimate of drug-likeness (QED) is 0.668. The molecule has 0 bridgehead atoms. The van der Waals surface area contributed by atoms with E-state index in [9.17, 15) is 0 Å². The Labute approximate surface area is 93.6 Å². The first-order chi connectivity index (χ1) is 6.86. The third-order valence-electron chi connectivity index (χ3n) is 3.21. The number of hydrogen-bond donors (Lipinski definition) is 0. The minimum atomic E-state index is 0.985. The van der Waals surface area contributed by atoms with E-state index >= 15 is 0 Å². The van der Waals surface area contributed by atoms with E-state index in [2.05, 4.69) is 30.5 Å². The number of nitrogens with zero attached hydrogens (tertiary/aromatic N) is 1. The van der Waals surface area contributed by atoms with Gasteiger partial charge in [0.15, 0.2) is 0 Å². The molecule has 0 heterocycles. The van der Waals surface area contributed by atoms with Crippen molar-refractivity contribution in [3.63, 3.8) is 0 Å². The highest BCUT2D eigenvalue weighted by atomic mass is 32.2. The predicted octanol–water partition coefficient (Wildman–Crippen LogP) is 3.39. The Morgan fingerprint density at radius 1 is 1.07 bits per heavy atom. The molecule has 0 spiro atoms. The van der Waals surface area contributed by atoms with Gasteiger partial charge in [-0.3, -0.25) is 0 Å². The molecule has 0 radical (unpaired) electrons. The summed E-state index contributed by atoms with van der Waals surface area (Å²) in [6, 6.07) is 0. The smallest absolute Gasteiger partial charge is 0.00722 e. The lowest BCUT2D eigenvalue weighted by Gasteiger charge is -2.23. The molecule has 0 aromatic heterocycles. The van der Waals surface area contributed by atoms with Crippen LogP contribution in [0.4, 0.5) is 0 Å². The van der Waals surface area contributed by atoms with Gasteiger partial charge in [-0.1, -0.05) is 33.1 Å². The normalized spacial score (nSPS) is 19.1. The lowest BCUT2D eigenvalue weighted by atomic mass is 10.0. The van der Waals surface area contributed by atoms with E-state index in [-0.39, 0.29) is 0 Å². The van der Waals surface area contributed by atoms with Crippen molar-refractivity contribution in [3.8, 4) is 0 Å². The van der Waals surface area contributed by atoms with Crippen molar-refractivity contribution in [2.75, 3.05) is 25.4 Å². The third-order valence-corrected chi connectivity index (χ3v) is 4.57. The maximum atomic E-state index is 2.52.